The fourth-order valence-electron chi connectivity index (χ4n) is 3.34. The molecule has 0 saturated carbocycles. The van der Waals surface area contributed by atoms with E-state index >= 15 is 0 Å². The number of hydrogen-bond donors (Lipinski definition) is 1. The average Bonchev–Trinajstić information content (AvgIpc) is 2.71. The summed E-state index contributed by atoms with van der Waals surface area (Å²) in [5.74, 6) is 0.737. The molecule has 0 radical (unpaired) electrons. The lowest BCUT2D eigenvalue weighted by molar-refractivity contribution is -0.122. The molecule has 1 fully saturated rings. The van der Waals surface area contributed by atoms with Gasteiger partial charge in [0.1, 0.15) is 5.75 Å². The molecule has 2 aliphatic rings. The van der Waals surface area contributed by atoms with Crippen molar-refractivity contribution in [2.45, 2.75) is 44.3 Å². The van der Waals surface area contributed by atoms with Gasteiger partial charge in [0.25, 0.3) is 0 Å². The van der Waals surface area contributed by atoms with Gasteiger partial charge in [0, 0.05) is 25.8 Å². The van der Waals surface area contributed by atoms with Gasteiger partial charge in [-0.15, -0.1) is 0 Å². The molecule has 1 saturated heterocycles. The number of aliphatic hydroxyl groups excluding tert-OH is 1. The van der Waals surface area contributed by atoms with Crippen LogP contribution < -0.4 is 9.64 Å². The second-order valence-electron chi connectivity index (χ2n) is 6.26. The molecular formula is C17H23NO4. The molecule has 0 spiro atoms. The van der Waals surface area contributed by atoms with Crippen LogP contribution in [-0.4, -0.2) is 37.6 Å². The number of ether oxygens (including phenoxy) is 2. The molecule has 1 aromatic carbocycles. The maximum absolute atomic E-state index is 12.5. The van der Waals surface area contributed by atoms with Crippen LogP contribution in [0.25, 0.3) is 0 Å². The van der Waals surface area contributed by atoms with Gasteiger partial charge in [0.05, 0.1) is 12.0 Å². The standard InChI is InChI=1S/C17H23NO4/c1-17(8-9-19)13-11-12(22-15-5-3-4-10-21-15)6-7-14(13)18(2)16(17)20/h6-7,11,15,19H,3-5,8-10H2,1-2H3. The van der Waals surface area contributed by atoms with Crippen LogP contribution >= 0.6 is 0 Å². The SMILES string of the molecule is CN1C(=O)C(C)(CCO)c2cc(OC3CCCCO3)ccc21. The van der Waals surface area contributed by atoms with Crippen molar-refractivity contribution in [3.63, 3.8) is 0 Å². The number of anilines is 1. The number of rotatable bonds is 4. The van der Waals surface area contributed by atoms with Crippen LogP contribution in [0.15, 0.2) is 18.2 Å². The molecule has 5 nitrogen and oxygen atoms in total. The van der Waals surface area contributed by atoms with Crippen molar-refractivity contribution in [2.24, 2.45) is 0 Å². The van der Waals surface area contributed by atoms with Crippen LogP contribution in [0.2, 0.25) is 0 Å². The van der Waals surface area contributed by atoms with Crippen molar-refractivity contribution < 1.29 is 19.4 Å². The minimum absolute atomic E-state index is 0.0163. The number of carbonyl (C=O) groups excluding carboxylic acids is 1. The van der Waals surface area contributed by atoms with E-state index in [0.29, 0.717) is 6.42 Å². The number of amides is 1. The molecule has 2 atom stereocenters. The average molecular weight is 305 g/mol. The summed E-state index contributed by atoms with van der Waals surface area (Å²) in [6, 6.07) is 5.71. The van der Waals surface area contributed by atoms with Gasteiger partial charge in [-0.3, -0.25) is 4.79 Å². The van der Waals surface area contributed by atoms with Crippen molar-refractivity contribution in [3.8, 4) is 5.75 Å². The molecule has 22 heavy (non-hydrogen) atoms. The fraction of sp³-hybridized carbons (Fsp3) is 0.588. The largest absolute Gasteiger partial charge is 0.465 e. The van der Waals surface area contributed by atoms with Crippen molar-refractivity contribution in [1.82, 2.24) is 0 Å². The minimum Gasteiger partial charge on any atom is -0.465 e. The lowest BCUT2D eigenvalue weighted by Crippen LogP contribution is -2.36. The first-order valence-corrected chi connectivity index (χ1v) is 7.88. The van der Waals surface area contributed by atoms with Gasteiger partial charge in [0.2, 0.25) is 5.91 Å². The fourth-order valence-corrected chi connectivity index (χ4v) is 3.34. The number of aliphatic hydroxyl groups is 1. The predicted octanol–water partition coefficient (Wildman–Crippen LogP) is 2.21. The van der Waals surface area contributed by atoms with Crippen LogP contribution in [0.1, 0.15) is 38.2 Å². The van der Waals surface area contributed by atoms with E-state index in [1.54, 1.807) is 11.9 Å². The van der Waals surface area contributed by atoms with E-state index in [2.05, 4.69) is 0 Å². The Morgan fingerprint density at radius 2 is 2.27 bits per heavy atom. The summed E-state index contributed by atoms with van der Waals surface area (Å²) < 4.78 is 11.5. The highest BCUT2D eigenvalue weighted by molar-refractivity contribution is 6.07. The number of likely N-dealkylation sites (N-methyl/N-ethyl adjacent to an activating group) is 1. The summed E-state index contributed by atoms with van der Waals surface area (Å²) in [6.45, 7) is 2.60. The quantitative estimate of drug-likeness (QED) is 0.926. The summed E-state index contributed by atoms with van der Waals surface area (Å²) >= 11 is 0. The van der Waals surface area contributed by atoms with Crippen LogP contribution in [0.3, 0.4) is 0 Å². The van der Waals surface area contributed by atoms with Gasteiger partial charge in [-0.25, -0.2) is 0 Å². The topological polar surface area (TPSA) is 59.0 Å². The molecule has 2 aliphatic heterocycles. The second-order valence-corrected chi connectivity index (χ2v) is 6.26. The smallest absolute Gasteiger partial charge is 0.237 e. The van der Waals surface area contributed by atoms with Gasteiger partial charge >= 0.3 is 0 Å². The van der Waals surface area contributed by atoms with Crippen molar-refractivity contribution in [1.29, 1.82) is 0 Å². The molecule has 1 aromatic rings. The molecule has 5 heteroatoms. The monoisotopic (exact) mass is 305 g/mol. The highest BCUT2D eigenvalue weighted by Gasteiger charge is 2.45. The van der Waals surface area contributed by atoms with E-state index in [0.717, 1.165) is 42.9 Å². The van der Waals surface area contributed by atoms with Crippen LogP contribution in [0, 0.1) is 0 Å². The zero-order chi connectivity index (χ0) is 15.7. The molecule has 1 amide bonds. The number of hydrogen-bond acceptors (Lipinski definition) is 4. The molecule has 120 valence electrons. The molecule has 0 aliphatic carbocycles. The number of carbonyl (C=O) groups is 1. The molecular weight excluding hydrogens is 282 g/mol. The maximum atomic E-state index is 12.5. The predicted molar refractivity (Wildman–Crippen MR) is 83.1 cm³/mol. The zero-order valence-electron chi connectivity index (χ0n) is 13.2. The third kappa shape index (κ3) is 2.48. The van der Waals surface area contributed by atoms with Crippen molar-refractivity contribution >= 4 is 11.6 Å². The Kier molecular flexibility index (Phi) is 4.10. The van der Waals surface area contributed by atoms with Gasteiger partial charge < -0.3 is 19.5 Å². The zero-order valence-corrected chi connectivity index (χ0v) is 13.2. The van der Waals surface area contributed by atoms with Gasteiger partial charge in [-0.05, 0) is 49.9 Å². The third-order valence-corrected chi connectivity index (χ3v) is 4.72. The molecule has 2 unspecified atom stereocenters. The highest BCUT2D eigenvalue weighted by Crippen LogP contribution is 2.44. The molecule has 0 bridgehead atoms. The number of nitrogens with zero attached hydrogens (tertiary/aromatic N) is 1. The van der Waals surface area contributed by atoms with Gasteiger partial charge in [0.15, 0.2) is 6.29 Å². The first-order chi connectivity index (χ1) is 10.6. The Bertz CT molecular complexity index is 568. The summed E-state index contributed by atoms with van der Waals surface area (Å²) in [7, 11) is 1.77. The van der Waals surface area contributed by atoms with Crippen LogP contribution in [0.4, 0.5) is 5.69 Å². The van der Waals surface area contributed by atoms with Crippen LogP contribution in [0.5, 0.6) is 5.75 Å². The summed E-state index contributed by atoms with van der Waals surface area (Å²) in [5.41, 5.74) is 1.12. The molecule has 2 heterocycles. The lowest BCUT2D eigenvalue weighted by atomic mass is 9.81. The van der Waals surface area contributed by atoms with E-state index in [4.69, 9.17) is 9.47 Å². The molecule has 1 N–H and O–H groups in total. The Labute approximate surface area is 130 Å². The maximum Gasteiger partial charge on any atom is 0.237 e. The van der Waals surface area contributed by atoms with E-state index in [1.807, 2.05) is 25.1 Å². The Morgan fingerprint density at radius 1 is 1.45 bits per heavy atom. The third-order valence-electron chi connectivity index (χ3n) is 4.72. The minimum atomic E-state index is -0.689. The Balaban J connectivity index is 1.88. The summed E-state index contributed by atoms with van der Waals surface area (Å²) in [6.07, 6.45) is 3.29. The molecule has 3 rings (SSSR count). The second kappa shape index (κ2) is 5.89. The van der Waals surface area contributed by atoms with E-state index in [9.17, 15) is 9.90 Å². The van der Waals surface area contributed by atoms with Crippen molar-refractivity contribution in [2.75, 3.05) is 25.2 Å². The first-order valence-electron chi connectivity index (χ1n) is 7.88. The Morgan fingerprint density at radius 3 is 2.95 bits per heavy atom. The van der Waals surface area contributed by atoms with E-state index in [-0.39, 0.29) is 18.8 Å². The van der Waals surface area contributed by atoms with Crippen molar-refractivity contribution in [3.05, 3.63) is 23.8 Å². The summed E-state index contributed by atoms with van der Waals surface area (Å²) in [4.78, 5) is 14.2. The first kappa shape index (κ1) is 15.3. The lowest BCUT2D eigenvalue weighted by Gasteiger charge is -2.25. The normalized spacial score (nSPS) is 27.9. The highest BCUT2D eigenvalue weighted by atomic mass is 16.7. The van der Waals surface area contributed by atoms with Crippen LogP contribution in [-0.2, 0) is 14.9 Å². The Hall–Kier alpha value is -1.59. The van der Waals surface area contributed by atoms with Gasteiger partial charge in [-0.2, -0.15) is 0 Å². The summed E-state index contributed by atoms with van der Waals surface area (Å²) in [5, 5.41) is 9.33. The number of fused-ring (bicyclic) bond motifs is 1. The number of benzene rings is 1. The van der Waals surface area contributed by atoms with Gasteiger partial charge in [-0.1, -0.05) is 0 Å². The van der Waals surface area contributed by atoms with E-state index < -0.39 is 5.41 Å². The molecule has 0 aromatic heterocycles. The van der Waals surface area contributed by atoms with E-state index in [1.165, 1.54) is 0 Å².